The van der Waals surface area contributed by atoms with Crippen molar-refractivity contribution in [1.82, 2.24) is 14.8 Å². The van der Waals surface area contributed by atoms with Crippen LogP contribution in [0.3, 0.4) is 0 Å². The maximum atomic E-state index is 13.6. The van der Waals surface area contributed by atoms with E-state index < -0.39 is 0 Å². The summed E-state index contributed by atoms with van der Waals surface area (Å²) in [6, 6.07) is 14.9. The highest BCUT2D eigenvalue weighted by atomic mass is 79.9. The molecule has 0 spiro atoms. The van der Waals surface area contributed by atoms with Gasteiger partial charge < -0.3 is 4.90 Å². The number of nitrogens with zero attached hydrogens (tertiary/aromatic N) is 5. The predicted octanol–water partition coefficient (Wildman–Crippen LogP) is 4.78. The molecular formula is C23H18BrN5O2. The van der Waals surface area contributed by atoms with E-state index in [-0.39, 0.29) is 12.5 Å². The molecule has 1 amide bonds. The number of fused-ring (bicyclic) bond motifs is 2. The fourth-order valence-corrected chi connectivity index (χ4v) is 4.18. The Bertz CT molecular complexity index is 1290. The van der Waals surface area contributed by atoms with Gasteiger partial charge in [-0.2, -0.15) is 5.10 Å². The lowest BCUT2D eigenvalue weighted by atomic mass is 10.1. The van der Waals surface area contributed by atoms with Crippen LogP contribution in [0.5, 0.6) is 0 Å². The number of amides is 1. The van der Waals surface area contributed by atoms with Gasteiger partial charge in [0.2, 0.25) is 0 Å². The van der Waals surface area contributed by atoms with Gasteiger partial charge >= 0.3 is 0 Å². The summed E-state index contributed by atoms with van der Waals surface area (Å²) in [4.78, 5) is 19.9. The molecule has 0 saturated heterocycles. The zero-order valence-corrected chi connectivity index (χ0v) is 18.2. The standard InChI is InChI=1S/C23H18BrN5O2/c1-15-10-12-28(26-15)17-8-9-18(19(24)13-17)23(30)27-14-16-5-4-11-29(31)22(16)25-20-6-2-3-7-21(20)27/h2-13,31H,14H2,1H3. The lowest BCUT2D eigenvalue weighted by Gasteiger charge is -2.25. The highest BCUT2D eigenvalue weighted by molar-refractivity contribution is 9.10. The van der Waals surface area contributed by atoms with Gasteiger partial charge in [-0.3, -0.25) is 10.0 Å². The fraction of sp³-hybridized carbons (Fsp3) is 0.0870. The number of halogens is 1. The van der Waals surface area contributed by atoms with Crippen LogP contribution in [0.15, 0.2) is 88.1 Å². The van der Waals surface area contributed by atoms with Gasteiger partial charge in [-0.05, 0) is 65.3 Å². The lowest BCUT2D eigenvalue weighted by Crippen LogP contribution is -2.36. The monoisotopic (exact) mass is 475 g/mol. The number of carbonyl (C=O) groups excluding carboxylic acids is 1. The van der Waals surface area contributed by atoms with Crippen molar-refractivity contribution in [3.8, 4) is 5.69 Å². The first-order chi connectivity index (χ1) is 15.0. The second kappa shape index (κ2) is 7.64. The third-order valence-electron chi connectivity index (χ3n) is 5.17. The largest absolute Gasteiger partial charge is 0.302 e. The van der Waals surface area contributed by atoms with Crippen molar-refractivity contribution in [3.63, 3.8) is 0 Å². The maximum absolute atomic E-state index is 13.6. The normalized spacial score (nSPS) is 15.1. The molecule has 0 aliphatic carbocycles. The molecular weight excluding hydrogens is 458 g/mol. The Morgan fingerprint density at radius 1 is 1.16 bits per heavy atom. The van der Waals surface area contributed by atoms with Crippen LogP contribution < -0.4 is 4.90 Å². The summed E-state index contributed by atoms with van der Waals surface area (Å²) in [7, 11) is 0. The van der Waals surface area contributed by atoms with E-state index in [4.69, 9.17) is 0 Å². The Labute approximate surface area is 187 Å². The molecule has 0 unspecified atom stereocenters. The summed E-state index contributed by atoms with van der Waals surface area (Å²) < 4.78 is 2.44. The van der Waals surface area contributed by atoms with Crippen LogP contribution in [0.1, 0.15) is 16.1 Å². The number of hydrogen-bond donors (Lipinski definition) is 1. The first-order valence-electron chi connectivity index (χ1n) is 9.69. The van der Waals surface area contributed by atoms with E-state index in [0.29, 0.717) is 27.2 Å². The average Bonchev–Trinajstić information content (AvgIpc) is 3.12. The summed E-state index contributed by atoms with van der Waals surface area (Å²) in [6.45, 7) is 2.21. The number of benzene rings is 2. The summed E-state index contributed by atoms with van der Waals surface area (Å²) in [6.07, 6.45) is 6.99. The molecule has 154 valence electrons. The number of allylic oxidation sites excluding steroid dienone is 2. The highest BCUT2D eigenvalue weighted by Crippen LogP contribution is 2.35. The van der Waals surface area contributed by atoms with Crippen molar-refractivity contribution in [2.75, 3.05) is 11.4 Å². The first kappa shape index (κ1) is 19.5. The van der Waals surface area contributed by atoms with Crippen molar-refractivity contribution in [2.45, 2.75) is 6.92 Å². The topological polar surface area (TPSA) is 74.0 Å². The number of para-hydroxylation sites is 2. The van der Waals surface area contributed by atoms with E-state index in [1.165, 1.54) is 6.20 Å². The number of amidine groups is 1. The van der Waals surface area contributed by atoms with E-state index in [0.717, 1.165) is 22.0 Å². The lowest BCUT2D eigenvalue weighted by molar-refractivity contribution is 0.0373. The zero-order valence-electron chi connectivity index (χ0n) is 16.6. The molecule has 7 nitrogen and oxygen atoms in total. The van der Waals surface area contributed by atoms with E-state index in [9.17, 15) is 10.0 Å². The molecule has 0 atom stereocenters. The van der Waals surface area contributed by atoms with Gasteiger partial charge in [-0.15, -0.1) is 0 Å². The minimum absolute atomic E-state index is 0.168. The van der Waals surface area contributed by atoms with Gasteiger partial charge in [0.1, 0.15) is 0 Å². The number of hydrogen-bond acceptors (Lipinski definition) is 5. The quantitative estimate of drug-likeness (QED) is 0.578. The molecule has 0 radical (unpaired) electrons. The molecule has 0 saturated carbocycles. The third-order valence-corrected chi connectivity index (χ3v) is 5.83. The minimum Gasteiger partial charge on any atom is -0.302 e. The van der Waals surface area contributed by atoms with E-state index >= 15 is 0 Å². The van der Waals surface area contributed by atoms with Gasteiger partial charge in [0.05, 0.1) is 34.9 Å². The smallest absolute Gasteiger partial charge is 0.259 e. The van der Waals surface area contributed by atoms with Gasteiger partial charge in [-0.1, -0.05) is 18.2 Å². The van der Waals surface area contributed by atoms with Gasteiger partial charge in [0, 0.05) is 22.4 Å². The molecule has 1 N–H and O–H groups in total. The minimum atomic E-state index is -0.168. The first-order valence-corrected chi connectivity index (χ1v) is 10.5. The fourth-order valence-electron chi connectivity index (χ4n) is 3.64. The van der Waals surface area contributed by atoms with Crippen LogP contribution in [-0.2, 0) is 0 Å². The number of anilines is 1. The number of hydroxylamine groups is 2. The van der Waals surface area contributed by atoms with Gasteiger partial charge in [-0.25, -0.2) is 14.7 Å². The van der Waals surface area contributed by atoms with Crippen molar-refractivity contribution < 1.29 is 10.0 Å². The van der Waals surface area contributed by atoms with Crippen LogP contribution in [0.4, 0.5) is 11.4 Å². The van der Waals surface area contributed by atoms with Crippen molar-refractivity contribution in [1.29, 1.82) is 0 Å². The van der Waals surface area contributed by atoms with Crippen LogP contribution in [0, 0.1) is 6.92 Å². The summed E-state index contributed by atoms with van der Waals surface area (Å²) in [5, 5.41) is 15.6. The summed E-state index contributed by atoms with van der Waals surface area (Å²) in [5.41, 5.74) is 4.34. The Morgan fingerprint density at radius 3 is 2.77 bits per heavy atom. The molecule has 0 bridgehead atoms. The molecule has 3 aromatic rings. The second-order valence-electron chi connectivity index (χ2n) is 7.26. The highest BCUT2D eigenvalue weighted by Gasteiger charge is 2.29. The molecule has 3 heterocycles. The molecule has 31 heavy (non-hydrogen) atoms. The number of rotatable bonds is 2. The Morgan fingerprint density at radius 2 is 2.00 bits per heavy atom. The maximum Gasteiger partial charge on any atom is 0.259 e. The number of aromatic nitrogens is 2. The Kier molecular flexibility index (Phi) is 4.80. The van der Waals surface area contributed by atoms with E-state index in [1.54, 1.807) is 21.7 Å². The van der Waals surface area contributed by atoms with Crippen molar-refractivity contribution >= 4 is 39.0 Å². The number of aliphatic imine (C=N–C) groups is 1. The number of aryl methyl sites for hydroxylation is 1. The zero-order chi connectivity index (χ0) is 21.5. The second-order valence-corrected chi connectivity index (χ2v) is 8.11. The van der Waals surface area contributed by atoms with Gasteiger partial charge in [0.25, 0.3) is 5.91 Å². The molecule has 8 heteroatoms. The summed E-state index contributed by atoms with van der Waals surface area (Å²) >= 11 is 3.57. The predicted molar refractivity (Wildman–Crippen MR) is 122 cm³/mol. The number of carbonyl (C=O) groups is 1. The molecule has 1 aromatic heterocycles. The Hall–Kier alpha value is -3.49. The van der Waals surface area contributed by atoms with Crippen LogP contribution in [-0.4, -0.2) is 38.3 Å². The Balaban J connectivity index is 1.55. The average molecular weight is 476 g/mol. The van der Waals surface area contributed by atoms with Crippen LogP contribution >= 0.6 is 15.9 Å². The van der Waals surface area contributed by atoms with Crippen molar-refractivity contribution in [2.24, 2.45) is 4.99 Å². The third kappa shape index (κ3) is 3.49. The van der Waals surface area contributed by atoms with E-state index in [1.807, 2.05) is 61.7 Å². The molecule has 2 aromatic carbocycles. The van der Waals surface area contributed by atoms with E-state index in [2.05, 4.69) is 26.0 Å². The molecule has 0 fully saturated rings. The van der Waals surface area contributed by atoms with Crippen molar-refractivity contribution in [3.05, 3.63) is 94.4 Å². The molecule has 2 aliphatic rings. The van der Waals surface area contributed by atoms with Gasteiger partial charge in [0.15, 0.2) is 5.84 Å². The summed E-state index contributed by atoms with van der Waals surface area (Å²) in [5.74, 6) is 0.243. The molecule has 2 aliphatic heterocycles. The van der Waals surface area contributed by atoms with Crippen LogP contribution in [0.25, 0.3) is 5.69 Å². The van der Waals surface area contributed by atoms with Crippen LogP contribution in [0.2, 0.25) is 0 Å². The SMILES string of the molecule is Cc1ccn(-c2ccc(C(=O)N3CC4=CC=CN(O)C4=Nc4ccccc43)c(Br)c2)n1. The molecule has 5 rings (SSSR count).